The molecule has 0 bridgehead atoms. The maximum Gasteiger partial charge on any atom is 0.314 e. The zero-order valence-electron chi connectivity index (χ0n) is 8.05. The number of nitrogens with one attached hydrogen (secondary N) is 2. The Morgan fingerprint density at radius 2 is 2.17 bits per heavy atom. The van der Waals surface area contributed by atoms with E-state index in [4.69, 9.17) is 0 Å². The largest absolute Gasteiger partial charge is 0.338 e. The van der Waals surface area contributed by atoms with Crippen molar-refractivity contribution in [1.29, 1.82) is 0 Å². The van der Waals surface area contributed by atoms with Crippen molar-refractivity contribution >= 4 is 6.03 Å². The summed E-state index contributed by atoms with van der Waals surface area (Å²) < 4.78 is 0. The molecular formula is C9H18N2O. The Kier molecular flexibility index (Phi) is 6.15. The molecule has 0 unspecified atom stereocenters. The van der Waals surface area contributed by atoms with Crippen LogP contribution < -0.4 is 10.6 Å². The lowest BCUT2D eigenvalue weighted by Gasteiger charge is -2.08. The van der Waals surface area contributed by atoms with Crippen LogP contribution in [0.15, 0.2) is 12.2 Å². The third-order valence-electron chi connectivity index (χ3n) is 1.25. The molecule has 0 aromatic heterocycles. The van der Waals surface area contributed by atoms with Crippen molar-refractivity contribution in [3.8, 4) is 0 Å². The minimum atomic E-state index is -0.0884. The predicted octanol–water partition coefficient (Wildman–Crippen LogP) is 1.66. The molecule has 12 heavy (non-hydrogen) atoms. The van der Waals surface area contributed by atoms with Gasteiger partial charge in [0, 0.05) is 12.6 Å². The number of allylic oxidation sites excluding steroid dienone is 1. The third-order valence-corrected chi connectivity index (χ3v) is 1.25. The van der Waals surface area contributed by atoms with Gasteiger partial charge in [-0.25, -0.2) is 4.79 Å². The molecular weight excluding hydrogens is 152 g/mol. The normalized spacial score (nSPS) is 10.7. The van der Waals surface area contributed by atoms with Crippen molar-refractivity contribution in [3.05, 3.63) is 12.2 Å². The van der Waals surface area contributed by atoms with E-state index in [1.807, 2.05) is 32.9 Å². The van der Waals surface area contributed by atoms with Crippen LogP contribution in [0.4, 0.5) is 4.79 Å². The second-order valence-electron chi connectivity index (χ2n) is 2.91. The summed E-state index contributed by atoms with van der Waals surface area (Å²) >= 11 is 0. The van der Waals surface area contributed by atoms with E-state index in [0.717, 1.165) is 6.42 Å². The molecule has 0 radical (unpaired) electrons. The molecule has 3 heteroatoms. The smallest absolute Gasteiger partial charge is 0.314 e. The lowest BCUT2D eigenvalue weighted by molar-refractivity contribution is 0.239. The standard InChI is InChI=1S/C9H18N2O/c1-4-5-6-7-10-9(12)11-8(2)3/h4-5,8H,6-7H2,1-3H3,(H2,10,11,12)/b5-4+. The maximum absolute atomic E-state index is 11.0. The molecule has 0 heterocycles. The first kappa shape index (κ1) is 11.0. The molecule has 2 amide bonds. The molecule has 0 aliphatic carbocycles. The Hall–Kier alpha value is -0.990. The highest BCUT2D eigenvalue weighted by atomic mass is 16.2. The van der Waals surface area contributed by atoms with E-state index in [1.165, 1.54) is 0 Å². The van der Waals surface area contributed by atoms with Gasteiger partial charge in [0.25, 0.3) is 0 Å². The van der Waals surface area contributed by atoms with Crippen LogP contribution >= 0.6 is 0 Å². The van der Waals surface area contributed by atoms with Gasteiger partial charge in [-0.3, -0.25) is 0 Å². The van der Waals surface area contributed by atoms with Crippen LogP contribution in [0.5, 0.6) is 0 Å². The van der Waals surface area contributed by atoms with Crippen molar-refractivity contribution in [2.75, 3.05) is 6.54 Å². The van der Waals surface area contributed by atoms with Crippen molar-refractivity contribution in [3.63, 3.8) is 0 Å². The third kappa shape index (κ3) is 7.12. The van der Waals surface area contributed by atoms with Crippen LogP contribution in [0, 0.1) is 0 Å². The van der Waals surface area contributed by atoms with Crippen molar-refractivity contribution in [2.45, 2.75) is 33.2 Å². The first-order valence-electron chi connectivity index (χ1n) is 4.32. The number of carbonyl (C=O) groups is 1. The second-order valence-corrected chi connectivity index (χ2v) is 2.91. The van der Waals surface area contributed by atoms with E-state index >= 15 is 0 Å². The number of rotatable bonds is 4. The van der Waals surface area contributed by atoms with Gasteiger partial charge in [0.05, 0.1) is 0 Å². The summed E-state index contributed by atoms with van der Waals surface area (Å²) in [5, 5.41) is 5.49. The number of urea groups is 1. The summed E-state index contributed by atoms with van der Waals surface area (Å²) in [4.78, 5) is 11.0. The van der Waals surface area contributed by atoms with Gasteiger partial charge in [-0.1, -0.05) is 12.2 Å². The van der Waals surface area contributed by atoms with Crippen molar-refractivity contribution in [1.82, 2.24) is 10.6 Å². The molecule has 0 aliphatic heterocycles. The van der Waals surface area contributed by atoms with Gasteiger partial charge in [0.2, 0.25) is 0 Å². The molecule has 0 aromatic carbocycles. The first-order valence-corrected chi connectivity index (χ1v) is 4.32. The Labute approximate surface area is 74.2 Å². The highest BCUT2D eigenvalue weighted by molar-refractivity contribution is 5.74. The average Bonchev–Trinajstić information content (AvgIpc) is 1.97. The van der Waals surface area contributed by atoms with Crippen LogP contribution in [-0.2, 0) is 0 Å². The molecule has 0 aromatic rings. The molecule has 0 fully saturated rings. The summed E-state index contributed by atoms with van der Waals surface area (Å²) in [6, 6.07) is 0.112. The number of amides is 2. The Bertz CT molecular complexity index is 153. The van der Waals surface area contributed by atoms with Gasteiger partial charge >= 0.3 is 6.03 Å². The van der Waals surface area contributed by atoms with Crippen LogP contribution in [0.2, 0.25) is 0 Å². The first-order chi connectivity index (χ1) is 5.66. The van der Waals surface area contributed by atoms with Gasteiger partial charge < -0.3 is 10.6 Å². The Morgan fingerprint density at radius 1 is 1.50 bits per heavy atom. The zero-order chi connectivity index (χ0) is 9.40. The van der Waals surface area contributed by atoms with E-state index in [0.29, 0.717) is 6.54 Å². The van der Waals surface area contributed by atoms with Crippen molar-refractivity contribution in [2.24, 2.45) is 0 Å². The number of hydrogen-bond acceptors (Lipinski definition) is 1. The fourth-order valence-electron chi connectivity index (χ4n) is 0.749. The van der Waals surface area contributed by atoms with Gasteiger partial charge in [-0.15, -0.1) is 0 Å². The molecule has 0 saturated heterocycles. The Balaban J connectivity index is 3.32. The van der Waals surface area contributed by atoms with Crippen LogP contribution in [0.25, 0.3) is 0 Å². The molecule has 0 spiro atoms. The van der Waals surface area contributed by atoms with E-state index in [9.17, 15) is 4.79 Å². The topological polar surface area (TPSA) is 41.1 Å². The number of hydrogen-bond donors (Lipinski definition) is 2. The molecule has 0 aliphatic rings. The summed E-state index contributed by atoms with van der Waals surface area (Å²) in [6.45, 7) is 6.54. The second kappa shape index (κ2) is 6.70. The van der Waals surface area contributed by atoms with Gasteiger partial charge in [0.1, 0.15) is 0 Å². The molecule has 2 N–H and O–H groups in total. The minimum absolute atomic E-state index is 0.0884. The van der Waals surface area contributed by atoms with Gasteiger partial charge in [0.15, 0.2) is 0 Å². The zero-order valence-corrected chi connectivity index (χ0v) is 8.05. The van der Waals surface area contributed by atoms with Gasteiger partial charge in [-0.05, 0) is 27.2 Å². The molecule has 0 atom stereocenters. The fraction of sp³-hybridized carbons (Fsp3) is 0.667. The lowest BCUT2D eigenvalue weighted by atomic mass is 10.4. The average molecular weight is 170 g/mol. The quantitative estimate of drug-likeness (QED) is 0.489. The maximum atomic E-state index is 11.0. The number of carbonyl (C=O) groups excluding carboxylic acids is 1. The summed E-state index contributed by atoms with van der Waals surface area (Å²) in [6.07, 6.45) is 4.89. The van der Waals surface area contributed by atoms with E-state index in [2.05, 4.69) is 10.6 Å². The van der Waals surface area contributed by atoms with Crippen LogP contribution in [0.3, 0.4) is 0 Å². The summed E-state index contributed by atoms with van der Waals surface area (Å²) in [5.41, 5.74) is 0. The van der Waals surface area contributed by atoms with Gasteiger partial charge in [-0.2, -0.15) is 0 Å². The van der Waals surface area contributed by atoms with E-state index in [-0.39, 0.29) is 12.1 Å². The minimum Gasteiger partial charge on any atom is -0.338 e. The van der Waals surface area contributed by atoms with E-state index < -0.39 is 0 Å². The fourth-order valence-corrected chi connectivity index (χ4v) is 0.749. The molecule has 0 rings (SSSR count). The lowest BCUT2D eigenvalue weighted by Crippen LogP contribution is -2.39. The van der Waals surface area contributed by atoms with Crippen LogP contribution in [0.1, 0.15) is 27.2 Å². The molecule has 0 saturated carbocycles. The molecule has 70 valence electrons. The van der Waals surface area contributed by atoms with Crippen molar-refractivity contribution < 1.29 is 4.79 Å². The summed E-state index contributed by atoms with van der Waals surface area (Å²) in [5.74, 6) is 0. The van der Waals surface area contributed by atoms with Crippen LogP contribution in [-0.4, -0.2) is 18.6 Å². The molecule has 3 nitrogen and oxygen atoms in total. The Morgan fingerprint density at radius 3 is 2.67 bits per heavy atom. The van der Waals surface area contributed by atoms with E-state index in [1.54, 1.807) is 0 Å². The predicted molar refractivity (Wildman–Crippen MR) is 51.1 cm³/mol. The monoisotopic (exact) mass is 170 g/mol. The highest BCUT2D eigenvalue weighted by Gasteiger charge is 1.98. The highest BCUT2D eigenvalue weighted by Crippen LogP contribution is 1.80. The SMILES string of the molecule is C/C=C/CCNC(=O)NC(C)C. The summed E-state index contributed by atoms with van der Waals surface area (Å²) in [7, 11) is 0.